The van der Waals surface area contributed by atoms with E-state index in [-0.39, 0.29) is 16.1 Å². The molecule has 0 aromatic carbocycles. The lowest BCUT2D eigenvalue weighted by atomic mass is 10.1. The van der Waals surface area contributed by atoms with Crippen LogP contribution >= 0.6 is 15.9 Å². The molecule has 1 rings (SSSR count). The van der Waals surface area contributed by atoms with Gasteiger partial charge in [-0.1, -0.05) is 13.8 Å². The summed E-state index contributed by atoms with van der Waals surface area (Å²) in [6.07, 6.45) is 1.80. The van der Waals surface area contributed by atoms with E-state index >= 15 is 0 Å². The minimum atomic E-state index is -3.52. The molecule has 0 radical (unpaired) electrons. The summed E-state index contributed by atoms with van der Waals surface area (Å²) in [6.45, 7) is 4.81. The number of halogens is 1. The number of rotatable bonds is 7. The van der Waals surface area contributed by atoms with E-state index in [2.05, 4.69) is 34.5 Å². The van der Waals surface area contributed by atoms with E-state index in [1.165, 1.54) is 6.07 Å². The van der Waals surface area contributed by atoms with Crippen molar-refractivity contribution in [3.05, 3.63) is 16.5 Å². The fraction of sp³-hybridized carbons (Fsp3) is 0.636. The molecule has 0 unspecified atom stereocenters. The molecule has 104 valence electrons. The van der Waals surface area contributed by atoms with Crippen molar-refractivity contribution in [2.75, 3.05) is 6.54 Å². The van der Waals surface area contributed by atoms with E-state index < -0.39 is 10.0 Å². The number of nitrogens with one attached hydrogen (secondary N) is 1. The first-order chi connectivity index (χ1) is 8.36. The van der Waals surface area contributed by atoms with Crippen molar-refractivity contribution < 1.29 is 12.8 Å². The summed E-state index contributed by atoms with van der Waals surface area (Å²) in [4.78, 5) is 0.104. The summed E-state index contributed by atoms with van der Waals surface area (Å²) in [5.74, 6) is 1.00. The van der Waals surface area contributed by atoms with Crippen LogP contribution in [0, 0.1) is 5.92 Å². The van der Waals surface area contributed by atoms with Gasteiger partial charge in [-0.3, -0.25) is 0 Å². The minimum Gasteiger partial charge on any atom is -0.452 e. The van der Waals surface area contributed by atoms with Gasteiger partial charge in [0, 0.05) is 12.6 Å². The molecule has 5 nitrogen and oxygen atoms in total. The van der Waals surface area contributed by atoms with Gasteiger partial charge in [0.25, 0.3) is 0 Å². The third kappa shape index (κ3) is 4.38. The molecular formula is C11H19BrN2O3S. The van der Waals surface area contributed by atoms with Crippen LogP contribution in [0.25, 0.3) is 0 Å². The SMILES string of the molecule is CC(C)CCCNS(=O)(=O)c1cc(CN)oc1Br. The Balaban J connectivity index is 2.65. The van der Waals surface area contributed by atoms with E-state index in [4.69, 9.17) is 10.2 Å². The predicted molar refractivity (Wildman–Crippen MR) is 73.6 cm³/mol. The molecule has 0 saturated heterocycles. The zero-order valence-electron chi connectivity index (χ0n) is 10.6. The largest absolute Gasteiger partial charge is 0.452 e. The Morgan fingerprint density at radius 3 is 2.67 bits per heavy atom. The van der Waals surface area contributed by atoms with Crippen LogP contribution in [0.4, 0.5) is 0 Å². The normalized spacial score (nSPS) is 12.3. The molecule has 0 bridgehead atoms. The van der Waals surface area contributed by atoms with Gasteiger partial charge in [-0.25, -0.2) is 13.1 Å². The van der Waals surface area contributed by atoms with Crippen LogP contribution in [0.2, 0.25) is 0 Å². The summed E-state index contributed by atoms with van der Waals surface area (Å²) >= 11 is 3.08. The topological polar surface area (TPSA) is 85.3 Å². The number of hydrogen-bond acceptors (Lipinski definition) is 4. The second kappa shape index (κ2) is 6.70. The van der Waals surface area contributed by atoms with Gasteiger partial charge >= 0.3 is 0 Å². The van der Waals surface area contributed by atoms with Crippen LogP contribution in [0.1, 0.15) is 32.4 Å². The van der Waals surface area contributed by atoms with Crippen molar-refractivity contribution in [3.8, 4) is 0 Å². The first-order valence-electron chi connectivity index (χ1n) is 5.84. The predicted octanol–water partition coefficient (Wildman–Crippen LogP) is 2.22. The standard InChI is InChI=1S/C11H19BrN2O3S/c1-8(2)4-3-5-14-18(15,16)10-6-9(7-13)17-11(10)12/h6,8,14H,3-5,7,13H2,1-2H3. The maximum atomic E-state index is 12.0. The van der Waals surface area contributed by atoms with E-state index in [1.54, 1.807) is 0 Å². The quantitative estimate of drug-likeness (QED) is 0.746. The molecule has 0 aliphatic heterocycles. The Bertz CT molecular complexity index is 482. The van der Waals surface area contributed by atoms with Crippen LogP contribution < -0.4 is 10.5 Å². The maximum Gasteiger partial charge on any atom is 0.244 e. The van der Waals surface area contributed by atoms with Crippen LogP contribution in [-0.2, 0) is 16.6 Å². The highest BCUT2D eigenvalue weighted by Gasteiger charge is 2.21. The van der Waals surface area contributed by atoms with Crippen molar-refractivity contribution >= 4 is 26.0 Å². The number of furan rings is 1. The van der Waals surface area contributed by atoms with Crippen molar-refractivity contribution in [1.29, 1.82) is 0 Å². The molecule has 18 heavy (non-hydrogen) atoms. The fourth-order valence-corrected chi connectivity index (χ4v) is 3.55. The number of hydrogen-bond donors (Lipinski definition) is 2. The molecule has 1 aromatic rings. The number of sulfonamides is 1. The molecule has 0 aliphatic carbocycles. The molecule has 7 heteroatoms. The summed E-state index contributed by atoms with van der Waals surface area (Å²) in [5.41, 5.74) is 5.40. The van der Waals surface area contributed by atoms with Gasteiger partial charge in [-0.15, -0.1) is 0 Å². The van der Waals surface area contributed by atoms with Crippen LogP contribution in [0.5, 0.6) is 0 Å². The minimum absolute atomic E-state index is 0.104. The first-order valence-corrected chi connectivity index (χ1v) is 8.12. The highest BCUT2D eigenvalue weighted by molar-refractivity contribution is 9.10. The van der Waals surface area contributed by atoms with Crippen LogP contribution in [0.3, 0.4) is 0 Å². The van der Waals surface area contributed by atoms with Gasteiger partial charge in [0.15, 0.2) is 4.67 Å². The van der Waals surface area contributed by atoms with Gasteiger partial charge in [0.1, 0.15) is 10.7 Å². The van der Waals surface area contributed by atoms with Crippen molar-refractivity contribution in [1.82, 2.24) is 4.72 Å². The lowest BCUT2D eigenvalue weighted by Crippen LogP contribution is -2.25. The Morgan fingerprint density at radius 1 is 1.50 bits per heavy atom. The summed E-state index contributed by atoms with van der Waals surface area (Å²) < 4.78 is 31.9. The zero-order chi connectivity index (χ0) is 13.8. The molecule has 0 fully saturated rings. The molecule has 0 amide bonds. The van der Waals surface area contributed by atoms with E-state index in [9.17, 15) is 8.42 Å². The molecule has 0 saturated carbocycles. The second-order valence-corrected chi connectivity index (χ2v) is 6.94. The Morgan fingerprint density at radius 2 is 2.17 bits per heavy atom. The van der Waals surface area contributed by atoms with Gasteiger partial charge in [0.2, 0.25) is 10.0 Å². The Hall–Kier alpha value is -0.370. The molecule has 0 atom stereocenters. The van der Waals surface area contributed by atoms with Crippen molar-refractivity contribution in [2.45, 2.75) is 38.1 Å². The van der Waals surface area contributed by atoms with E-state index in [0.29, 0.717) is 18.2 Å². The van der Waals surface area contributed by atoms with Gasteiger partial charge < -0.3 is 10.2 Å². The molecule has 0 aliphatic rings. The summed E-state index contributed by atoms with van der Waals surface area (Å²) in [6, 6.07) is 1.44. The lowest BCUT2D eigenvalue weighted by molar-refractivity contribution is 0.483. The molecular weight excluding hydrogens is 320 g/mol. The molecule has 0 spiro atoms. The maximum absolute atomic E-state index is 12.0. The second-order valence-electron chi connectivity index (χ2n) is 4.49. The fourth-order valence-electron chi connectivity index (χ4n) is 1.48. The van der Waals surface area contributed by atoms with Gasteiger partial charge in [0.05, 0.1) is 6.54 Å². The van der Waals surface area contributed by atoms with Crippen LogP contribution in [0.15, 0.2) is 20.0 Å². The highest BCUT2D eigenvalue weighted by Crippen LogP contribution is 2.25. The molecule has 1 heterocycles. The monoisotopic (exact) mass is 338 g/mol. The summed E-state index contributed by atoms with van der Waals surface area (Å²) in [7, 11) is -3.52. The molecule has 1 aromatic heterocycles. The average Bonchev–Trinajstić information content (AvgIpc) is 2.66. The Kier molecular flexibility index (Phi) is 5.84. The van der Waals surface area contributed by atoms with Crippen LogP contribution in [-0.4, -0.2) is 15.0 Å². The summed E-state index contributed by atoms with van der Waals surface area (Å²) in [5, 5.41) is 0. The Labute approximate surface area is 116 Å². The smallest absolute Gasteiger partial charge is 0.244 e. The van der Waals surface area contributed by atoms with Gasteiger partial charge in [-0.05, 0) is 34.7 Å². The lowest BCUT2D eigenvalue weighted by Gasteiger charge is -2.06. The van der Waals surface area contributed by atoms with E-state index in [0.717, 1.165) is 12.8 Å². The molecule has 3 N–H and O–H groups in total. The third-order valence-corrected chi connectivity index (χ3v) is 4.77. The van der Waals surface area contributed by atoms with Crippen molar-refractivity contribution in [3.63, 3.8) is 0 Å². The third-order valence-electron chi connectivity index (χ3n) is 2.45. The highest BCUT2D eigenvalue weighted by atomic mass is 79.9. The van der Waals surface area contributed by atoms with Gasteiger partial charge in [-0.2, -0.15) is 0 Å². The zero-order valence-corrected chi connectivity index (χ0v) is 13.0. The number of nitrogens with two attached hydrogens (primary N) is 1. The first kappa shape index (κ1) is 15.7. The van der Waals surface area contributed by atoms with E-state index in [1.807, 2.05) is 0 Å². The average molecular weight is 339 g/mol. The van der Waals surface area contributed by atoms with Crippen molar-refractivity contribution in [2.24, 2.45) is 11.7 Å².